The average Bonchev–Trinajstić information content (AvgIpc) is 2.81. The highest BCUT2D eigenvalue weighted by Gasteiger charge is 2.36. The van der Waals surface area contributed by atoms with Crippen LogP contribution in [-0.2, 0) is 9.47 Å². The number of methoxy groups -OCH3 is 1. The Labute approximate surface area is 137 Å². The van der Waals surface area contributed by atoms with Crippen LogP contribution in [0.3, 0.4) is 0 Å². The fourth-order valence-corrected chi connectivity index (χ4v) is 3.52. The van der Waals surface area contributed by atoms with Crippen LogP contribution in [0.4, 0.5) is 0 Å². The number of rotatable bonds is 4. The Morgan fingerprint density at radius 1 is 1.39 bits per heavy atom. The summed E-state index contributed by atoms with van der Waals surface area (Å²) >= 11 is 0. The summed E-state index contributed by atoms with van der Waals surface area (Å²) in [5.74, 6) is 0.596. The number of likely N-dealkylation sites (tertiary alicyclic amines) is 1. The van der Waals surface area contributed by atoms with Crippen LogP contribution >= 0.6 is 0 Å². The Hall–Kier alpha value is -1.50. The fraction of sp³-hybridized carbons (Fsp3) is 0.647. The molecule has 0 spiro atoms. The topological polar surface area (TPSA) is 54.9 Å². The highest BCUT2D eigenvalue weighted by Crippen LogP contribution is 2.26. The van der Waals surface area contributed by atoms with Gasteiger partial charge >= 0.3 is 0 Å². The van der Waals surface area contributed by atoms with E-state index < -0.39 is 0 Å². The molecule has 0 saturated carbocycles. The van der Waals surface area contributed by atoms with Crippen LogP contribution in [0.5, 0.6) is 0 Å². The van der Waals surface area contributed by atoms with E-state index in [0.717, 1.165) is 45.8 Å². The number of hydrogen-bond acceptors (Lipinski definition) is 5. The molecule has 2 aliphatic rings. The van der Waals surface area contributed by atoms with E-state index >= 15 is 0 Å². The maximum Gasteiger partial charge on any atom is 0.254 e. The second kappa shape index (κ2) is 7.86. The summed E-state index contributed by atoms with van der Waals surface area (Å²) < 4.78 is 11.0. The van der Waals surface area contributed by atoms with Crippen molar-refractivity contribution in [3.05, 3.63) is 30.1 Å². The first-order chi connectivity index (χ1) is 11.3. The molecule has 2 atom stereocenters. The maximum atomic E-state index is 12.7. The molecule has 0 unspecified atom stereocenters. The minimum absolute atomic E-state index is 0.0997. The first kappa shape index (κ1) is 16.4. The summed E-state index contributed by atoms with van der Waals surface area (Å²) in [7, 11) is 1.73. The van der Waals surface area contributed by atoms with Gasteiger partial charge in [-0.05, 0) is 18.6 Å². The number of nitrogens with zero attached hydrogens (tertiary/aromatic N) is 3. The Kier molecular flexibility index (Phi) is 5.59. The van der Waals surface area contributed by atoms with Crippen molar-refractivity contribution in [2.24, 2.45) is 5.92 Å². The third-order valence-corrected chi connectivity index (χ3v) is 4.84. The van der Waals surface area contributed by atoms with Crippen LogP contribution in [0.2, 0.25) is 0 Å². The minimum Gasteiger partial charge on any atom is -0.383 e. The van der Waals surface area contributed by atoms with Crippen molar-refractivity contribution in [2.45, 2.75) is 12.5 Å². The standard InChI is InChI=1S/C17H25N3O3/c1-22-10-8-19-9-11-23-13-15-4-7-20(12-16(15)19)17(21)14-2-5-18-6-3-14/h2-3,5-6,15-16H,4,7-13H2,1H3/t15-,16-/m1/s1. The number of carbonyl (C=O) groups excluding carboxylic acids is 1. The number of fused-ring (bicyclic) bond motifs is 1. The van der Waals surface area contributed by atoms with Gasteiger partial charge < -0.3 is 14.4 Å². The van der Waals surface area contributed by atoms with Crippen LogP contribution in [0, 0.1) is 5.92 Å². The molecule has 0 aromatic carbocycles. The molecule has 1 amide bonds. The molecule has 2 saturated heterocycles. The lowest BCUT2D eigenvalue weighted by Gasteiger charge is -2.42. The molecule has 1 aromatic rings. The summed E-state index contributed by atoms with van der Waals surface area (Å²) in [6.07, 6.45) is 4.33. The van der Waals surface area contributed by atoms with E-state index in [0.29, 0.717) is 24.1 Å². The molecule has 2 fully saturated rings. The maximum absolute atomic E-state index is 12.7. The predicted molar refractivity (Wildman–Crippen MR) is 86.3 cm³/mol. The van der Waals surface area contributed by atoms with Crippen molar-refractivity contribution in [1.29, 1.82) is 0 Å². The highest BCUT2D eigenvalue weighted by atomic mass is 16.5. The first-order valence-electron chi connectivity index (χ1n) is 8.29. The molecule has 2 aliphatic heterocycles. The van der Waals surface area contributed by atoms with Gasteiger partial charge in [0.25, 0.3) is 5.91 Å². The molecule has 6 nitrogen and oxygen atoms in total. The SMILES string of the molecule is COCCN1CCOC[C@H]2CCN(C(=O)c3ccncc3)C[C@H]21. The van der Waals surface area contributed by atoms with Gasteiger partial charge in [-0.2, -0.15) is 0 Å². The molecule has 3 rings (SSSR count). The van der Waals surface area contributed by atoms with Gasteiger partial charge in [0.05, 0.1) is 19.8 Å². The monoisotopic (exact) mass is 319 g/mol. The van der Waals surface area contributed by atoms with E-state index in [1.54, 1.807) is 31.6 Å². The van der Waals surface area contributed by atoms with Gasteiger partial charge in [0, 0.05) is 63.2 Å². The number of pyridine rings is 1. The summed E-state index contributed by atoms with van der Waals surface area (Å²) in [5, 5.41) is 0. The molecular weight excluding hydrogens is 294 g/mol. The van der Waals surface area contributed by atoms with E-state index in [9.17, 15) is 4.79 Å². The second-order valence-electron chi connectivity index (χ2n) is 6.21. The minimum atomic E-state index is 0.0997. The Morgan fingerprint density at radius 2 is 2.22 bits per heavy atom. The number of carbonyl (C=O) groups is 1. The molecule has 0 bridgehead atoms. The average molecular weight is 319 g/mol. The molecule has 6 heteroatoms. The molecule has 3 heterocycles. The van der Waals surface area contributed by atoms with Gasteiger partial charge in [0.15, 0.2) is 0 Å². The summed E-state index contributed by atoms with van der Waals surface area (Å²) in [5.41, 5.74) is 0.715. The van der Waals surface area contributed by atoms with Gasteiger partial charge in [0.2, 0.25) is 0 Å². The van der Waals surface area contributed by atoms with E-state index in [2.05, 4.69) is 9.88 Å². The molecule has 1 aromatic heterocycles. The molecule has 23 heavy (non-hydrogen) atoms. The molecule has 0 N–H and O–H groups in total. The molecule has 0 radical (unpaired) electrons. The number of piperidine rings is 1. The Bertz CT molecular complexity index is 511. The van der Waals surface area contributed by atoms with Crippen molar-refractivity contribution in [2.75, 3.05) is 53.1 Å². The third-order valence-electron chi connectivity index (χ3n) is 4.84. The Balaban J connectivity index is 1.70. The summed E-state index contributed by atoms with van der Waals surface area (Å²) in [4.78, 5) is 21.1. The first-order valence-corrected chi connectivity index (χ1v) is 8.29. The lowest BCUT2D eigenvalue weighted by Crippen LogP contribution is -2.55. The lowest BCUT2D eigenvalue weighted by atomic mass is 9.90. The normalized spacial score (nSPS) is 25.7. The zero-order valence-electron chi connectivity index (χ0n) is 13.7. The zero-order valence-corrected chi connectivity index (χ0v) is 13.7. The number of aromatic nitrogens is 1. The molecular formula is C17H25N3O3. The number of amides is 1. The molecule has 0 aliphatic carbocycles. The Morgan fingerprint density at radius 3 is 3.00 bits per heavy atom. The third kappa shape index (κ3) is 3.88. The van der Waals surface area contributed by atoms with Crippen LogP contribution < -0.4 is 0 Å². The van der Waals surface area contributed by atoms with E-state index in [-0.39, 0.29) is 5.91 Å². The van der Waals surface area contributed by atoms with Crippen molar-refractivity contribution < 1.29 is 14.3 Å². The van der Waals surface area contributed by atoms with Crippen LogP contribution in [0.25, 0.3) is 0 Å². The van der Waals surface area contributed by atoms with Crippen LogP contribution in [-0.4, -0.2) is 79.8 Å². The highest BCUT2D eigenvalue weighted by molar-refractivity contribution is 5.94. The van der Waals surface area contributed by atoms with E-state index in [4.69, 9.17) is 9.47 Å². The number of ether oxygens (including phenoxy) is 2. The predicted octanol–water partition coefficient (Wildman–Crippen LogP) is 0.891. The van der Waals surface area contributed by atoms with E-state index in [1.165, 1.54) is 0 Å². The number of hydrogen-bond donors (Lipinski definition) is 0. The van der Waals surface area contributed by atoms with Crippen molar-refractivity contribution in [3.8, 4) is 0 Å². The van der Waals surface area contributed by atoms with Gasteiger partial charge in [0.1, 0.15) is 0 Å². The van der Waals surface area contributed by atoms with Crippen LogP contribution in [0.1, 0.15) is 16.8 Å². The van der Waals surface area contributed by atoms with E-state index in [1.807, 2.05) is 4.90 Å². The van der Waals surface area contributed by atoms with Crippen molar-refractivity contribution >= 4 is 5.91 Å². The van der Waals surface area contributed by atoms with Gasteiger partial charge in [-0.1, -0.05) is 0 Å². The second-order valence-corrected chi connectivity index (χ2v) is 6.21. The quantitative estimate of drug-likeness (QED) is 0.825. The molecule has 126 valence electrons. The summed E-state index contributed by atoms with van der Waals surface area (Å²) in [6.45, 7) is 5.62. The van der Waals surface area contributed by atoms with Gasteiger partial charge in [-0.15, -0.1) is 0 Å². The zero-order chi connectivity index (χ0) is 16.1. The fourth-order valence-electron chi connectivity index (χ4n) is 3.52. The van der Waals surface area contributed by atoms with Gasteiger partial charge in [-0.3, -0.25) is 14.7 Å². The lowest BCUT2D eigenvalue weighted by molar-refractivity contribution is 0.0328. The smallest absolute Gasteiger partial charge is 0.254 e. The summed E-state index contributed by atoms with van der Waals surface area (Å²) in [6, 6.07) is 3.92. The van der Waals surface area contributed by atoms with Crippen LogP contribution in [0.15, 0.2) is 24.5 Å². The van der Waals surface area contributed by atoms with Gasteiger partial charge in [-0.25, -0.2) is 0 Å². The van der Waals surface area contributed by atoms with Crippen molar-refractivity contribution in [3.63, 3.8) is 0 Å². The largest absolute Gasteiger partial charge is 0.383 e. The van der Waals surface area contributed by atoms with Crippen molar-refractivity contribution in [1.82, 2.24) is 14.8 Å².